The molecule has 4 nitrogen and oxygen atoms in total. The highest BCUT2D eigenvalue weighted by Crippen LogP contribution is 2.04. The first-order valence-electron chi connectivity index (χ1n) is 3.65. The van der Waals surface area contributed by atoms with E-state index in [4.69, 9.17) is 5.73 Å². The van der Waals surface area contributed by atoms with Gasteiger partial charge in [0.05, 0.1) is 6.04 Å². The second kappa shape index (κ2) is 3.00. The van der Waals surface area contributed by atoms with Crippen LogP contribution in [0.4, 0.5) is 0 Å². The zero-order chi connectivity index (χ0) is 8.43. The van der Waals surface area contributed by atoms with Gasteiger partial charge in [0.2, 0.25) is 5.91 Å². The molecule has 0 radical (unpaired) electrons. The third-order valence-electron chi connectivity index (χ3n) is 1.90. The number of piperidine rings is 1. The number of amides is 1. The Bertz CT molecular complexity index is 191. The van der Waals surface area contributed by atoms with Crippen molar-refractivity contribution in [3.63, 3.8) is 0 Å². The summed E-state index contributed by atoms with van der Waals surface area (Å²) in [5.74, 6) is 0.0513. The van der Waals surface area contributed by atoms with Gasteiger partial charge in [-0.1, -0.05) is 0 Å². The molecule has 1 amide bonds. The van der Waals surface area contributed by atoms with Crippen LogP contribution in [0.5, 0.6) is 0 Å². The van der Waals surface area contributed by atoms with E-state index in [2.05, 4.69) is 0 Å². The van der Waals surface area contributed by atoms with Gasteiger partial charge in [0, 0.05) is 26.4 Å². The first-order valence-corrected chi connectivity index (χ1v) is 3.65. The van der Waals surface area contributed by atoms with Crippen LogP contribution in [0.3, 0.4) is 0 Å². The second-order valence-corrected chi connectivity index (χ2v) is 2.79. The van der Waals surface area contributed by atoms with E-state index >= 15 is 0 Å². The molecule has 1 unspecified atom stereocenters. The molecular weight excluding hydrogens is 144 g/mol. The monoisotopic (exact) mass is 156 g/mol. The number of ketones is 1. The van der Waals surface area contributed by atoms with Gasteiger partial charge >= 0.3 is 0 Å². The molecule has 0 bridgehead atoms. The molecular formula is C7H12N2O2. The van der Waals surface area contributed by atoms with Crippen LogP contribution >= 0.6 is 0 Å². The van der Waals surface area contributed by atoms with Gasteiger partial charge in [0.1, 0.15) is 0 Å². The average Bonchev–Trinajstić information content (AvgIpc) is 1.94. The summed E-state index contributed by atoms with van der Waals surface area (Å²) in [6.45, 7) is 2.40. The van der Waals surface area contributed by atoms with E-state index in [0.717, 1.165) is 0 Å². The Morgan fingerprint density at radius 1 is 1.73 bits per heavy atom. The summed E-state index contributed by atoms with van der Waals surface area (Å²) in [5, 5.41) is 0. The lowest BCUT2D eigenvalue weighted by atomic mass is 10.1. The molecule has 11 heavy (non-hydrogen) atoms. The maximum absolute atomic E-state index is 10.9. The molecule has 1 heterocycles. The van der Waals surface area contributed by atoms with Crippen LogP contribution in [0.2, 0.25) is 0 Å². The molecule has 1 atom stereocenters. The maximum atomic E-state index is 10.9. The minimum atomic E-state index is -0.465. The fourth-order valence-electron chi connectivity index (χ4n) is 1.15. The third-order valence-corrected chi connectivity index (χ3v) is 1.90. The first kappa shape index (κ1) is 8.20. The van der Waals surface area contributed by atoms with Crippen molar-refractivity contribution in [2.75, 3.05) is 13.1 Å². The lowest BCUT2D eigenvalue weighted by molar-refractivity contribution is -0.133. The molecule has 1 rings (SSSR count). The zero-order valence-electron chi connectivity index (χ0n) is 6.54. The van der Waals surface area contributed by atoms with Crippen LogP contribution in [-0.2, 0) is 9.59 Å². The minimum absolute atomic E-state index is 0.00653. The van der Waals surface area contributed by atoms with Gasteiger partial charge in [0.25, 0.3) is 0 Å². The van der Waals surface area contributed by atoms with Crippen molar-refractivity contribution in [2.45, 2.75) is 19.4 Å². The fourth-order valence-corrected chi connectivity index (χ4v) is 1.15. The molecule has 1 saturated heterocycles. The van der Waals surface area contributed by atoms with E-state index in [1.807, 2.05) is 0 Å². The van der Waals surface area contributed by atoms with Crippen molar-refractivity contribution in [1.29, 1.82) is 0 Å². The number of hydrogen-bond acceptors (Lipinski definition) is 3. The van der Waals surface area contributed by atoms with Gasteiger partial charge in [-0.2, -0.15) is 0 Å². The van der Waals surface area contributed by atoms with Crippen LogP contribution in [-0.4, -0.2) is 35.7 Å². The van der Waals surface area contributed by atoms with Crippen LogP contribution in [0.25, 0.3) is 0 Å². The quantitative estimate of drug-likeness (QED) is 0.496. The Morgan fingerprint density at radius 2 is 2.36 bits per heavy atom. The number of carbonyl (C=O) groups is 2. The van der Waals surface area contributed by atoms with Gasteiger partial charge in [-0.05, 0) is 0 Å². The molecule has 0 aromatic heterocycles. The van der Waals surface area contributed by atoms with Crippen molar-refractivity contribution in [3.05, 3.63) is 0 Å². The zero-order valence-corrected chi connectivity index (χ0v) is 6.54. The summed E-state index contributed by atoms with van der Waals surface area (Å²) in [6.07, 6.45) is 0.404. The van der Waals surface area contributed by atoms with Crippen molar-refractivity contribution < 1.29 is 9.59 Å². The Kier molecular flexibility index (Phi) is 2.24. The van der Waals surface area contributed by atoms with Gasteiger partial charge in [-0.3, -0.25) is 9.59 Å². The number of nitrogens with zero attached hydrogens (tertiary/aromatic N) is 1. The third kappa shape index (κ3) is 1.77. The van der Waals surface area contributed by atoms with Gasteiger partial charge in [-0.15, -0.1) is 0 Å². The van der Waals surface area contributed by atoms with Gasteiger partial charge in [-0.25, -0.2) is 0 Å². The molecule has 4 heteroatoms. The number of Topliss-reactive ketones (excluding diaryl/α,β-unsaturated/α-hetero) is 1. The summed E-state index contributed by atoms with van der Waals surface area (Å²) in [7, 11) is 0. The molecule has 1 aliphatic heterocycles. The standard InChI is InChI=1S/C7H12N2O2/c1-5(10)9-3-2-7(11)6(8)4-9/h6H,2-4,8H2,1H3. The lowest BCUT2D eigenvalue weighted by Gasteiger charge is -2.28. The highest BCUT2D eigenvalue weighted by Gasteiger charge is 2.24. The number of rotatable bonds is 0. The predicted molar refractivity (Wildman–Crippen MR) is 39.9 cm³/mol. The normalized spacial score (nSPS) is 25.5. The number of nitrogens with two attached hydrogens (primary N) is 1. The molecule has 2 N–H and O–H groups in total. The predicted octanol–water partition coefficient (Wildman–Crippen LogP) is -0.865. The molecule has 0 aliphatic carbocycles. The van der Waals surface area contributed by atoms with Crippen molar-refractivity contribution in [1.82, 2.24) is 4.90 Å². The van der Waals surface area contributed by atoms with Gasteiger partial charge in [0.15, 0.2) is 5.78 Å². The van der Waals surface area contributed by atoms with Crippen molar-refractivity contribution in [3.8, 4) is 0 Å². The van der Waals surface area contributed by atoms with E-state index in [0.29, 0.717) is 19.5 Å². The van der Waals surface area contributed by atoms with Crippen LogP contribution < -0.4 is 5.73 Å². The molecule has 0 spiro atoms. The Hall–Kier alpha value is -0.900. The minimum Gasteiger partial charge on any atom is -0.340 e. The lowest BCUT2D eigenvalue weighted by Crippen LogP contribution is -2.50. The number of carbonyl (C=O) groups excluding carboxylic acids is 2. The van der Waals surface area contributed by atoms with Crippen molar-refractivity contribution >= 4 is 11.7 Å². The maximum Gasteiger partial charge on any atom is 0.219 e. The summed E-state index contributed by atoms with van der Waals surface area (Å²) < 4.78 is 0. The summed E-state index contributed by atoms with van der Waals surface area (Å²) in [6, 6.07) is -0.465. The van der Waals surface area contributed by atoms with Crippen LogP contribution in [0.1, 0.15) is 13.3 Å². The summed E-state index contributed by atoms with van der Waals surface area (Å²) in [4.78, 5) is 23.3. The fraction of sp³-hybridized carbons (Fsp3) is 0.714. The van der Waals surface area contributed by atoms with E-state index in [1.54, 1.807) is 4.90 Å². The summed E-state index contributed by atoms with van der Waals surface area (Å²) in [5.41, 5.74) is 5.46. The largest absolute Gasteiger partial charge is 0.340 e. The Labute approximate surface area is 65.3 Å². The van der Waals surface area contributed by atoms with Crippen LogP contribution in [0.15, 0.2) is 0 Å². The van der Waals surface area contributed by atoms with E-state index in [9.17, 15) is 9.59 Å². The van der Waals surface area contributed by atoms with E-state index < -0.39 is 6.04 Å². The second-order valence-electron chi connectivity index (χ2n) is 2.79. The average molecular weight is 156 g/mol. The SMILES string of the molecule is CC(=O)N1CCC(=O)C(N)C1. The molecule has 1 aliphatic rings. The summed E-state index contributed by atoms with van der Waals surface area (Å²) >= 11 is 0. The van der Waals surface area contributed by atoms with E-state index in [1.165, 1.54) is 6.92 Å². The first-order chi connectivity index (χ1) is 5.11. The topological polar surface area (TPSA) is 63.4 Å². The Balaban J connectivity index is 2.52. The molecule has 0 saturated carbocycles. The van der Waals surface area contributed by atoms with Gasteiger partial charge < -0.3 is 10.6 Å². The highest BCUT2D eigenvalue weighted by atomic mass is 16.2. The molecule has 1 fully saturated rings. The van der Waals surface area contributed by atoms with E-state index in [-0.39, 0.29) is 11.7 Å². The highest BCUT2D eigenvalue weighted by molar-refractivity contribution is 5.87. The van der Waals surface area contributed by atoms with Crippen molar-refractivity contribution in [2.24, 2.45) is 5.73 Å². The molecule has 0 aromatic rings. The Morgan fingerprint density at radius 3 is 2.82 bits per heavy atom. The number of hydrogen-bond donors (Lipinski definition) is 1. The molecule has 0 aromatic carbocycles. The van der Waals surface area contributed by atoms with Crippen LogP contribution in [0, 0.1) is 0 Å². The molecule has 62 valence electrons. The number of likely N-dealkylation sites (tertiary alicyclic amines) is 1. The smallest absolute Gasteiger partial charge is 0.219 e.